The predicted octanol–water partition coefficient (Wildman–Crippen LogP) is 2.77. The highest BCUT2D eigenvalue weighted by molar-refractivity contribution is 6.38. The summed E-state index contributed by atoms with van der Waals surface area (Å²) < 4.78 is 1.51. The van der Waals surface area contributed by atoms with Gasteiger partial charge in [-0.05, 0) is 0 Å². The maximum atomic E-state index is 12.9. The Morgan fingerprint density at radius 1 is 0.969 bits per heavy atom. The average Bonchev–Trinajstić information content (AvgIpc) is 3.19. The van der Waals surface area contributed by atoms with Crippen molar-refractivity contribution in [3.8, 4) is 22.5 Å². The molecule has 32 heavy (non-hydrogen) atoms. The molecule has 1 N–H and O–H groups in total. The molecule has 2 aromatic heterocycles. The number of rotatable bonds is 4. The number of benzene rings is 2. The first kappa shape index (κ1) is 20.1. The first-order valence-electron chi connectivity index (χ1n) is 10.2. The maximum Gasteiger partial charge on any atom is 0.244 e. The monoisotopic (exact) mass is 446 g/mol. The number of halogens is 1. The smallest absolute Gasteiger partial charge is 0.244 e. The van der Waals surface area contributed by atoms with Gasteiger partial charge >= 0.3 is 0 Å². The lowest BCUT2D eigenvalue weighted by molar-refractivity contribution is -0.138. The molecule has 0 aliphatic carbocycles. The minimum absolute atomic E-state index is 0.0359. The van der Waals surface area contributed by atoms with Crippen LogP contribution >= 0.6 is 11.6 Å². The first-order valence-corrected chi connectivity index (χ1v) is 10.6. The molecule has 3 heterocycles. The van der Waals surface area contributed by atoms with Crippen molar-refractivity contribution in [1.82, 2.24) is 30.2 Å². The molecule has 1 aliphatic heterocycles. The summed E-state index contributed by atoms with van der Waals surface area (Å²) >= 11 is 6.84. The van der Waals surface area contributed by atoms with Crippen molar-refractivity contribution in [3.05, 3.63) is 65.7 Å². The molecular formula is C23H19ClN6O2. The quantitative estimate of drug-likeness (QED) is 0.520. The number of nitrogens with zero attached hydrogens (tertiary/aromatic N) is 5. The van der Waals surface area contributed by atoms with Crippen molar-refractivity contribution in [2.24, 2.45) is 0 Å². The minimum Gasteiger partial charge on any atom is -0.353 e. The molecule has 1 fully saturated rings. The van der Waals surface area contributed by atoms with Crippen LogP contribution in [0.25, 0.3) is 33.5 Å². The molecule has 0 bridgehead atoms. The van der Waals surface area contributed by atoms with Gasteiger partial charge in [0.05, 0.1) is 17.0 Å². The highest BCUT2D eigenvalue weighted by Gasteiger charge is 2.25. The number of hydrogen-bond donors (Lipinski definition) is 1. The van der Waals surface area contributed by atoms with Crippen LogP contribution in [0.15, 0.2) is 60.7 Å². The molecule has 0 radical (unpaired) electrons. The van der Waals surface area contributed by atoms with E-state index in [2.05, 4.69) is 15.5 Å². The number of fused-ring (bicyclic) bond motifs is 1. The van der Waals surface area contributed by atoms with Crippen LogP contribution in [-0.2, 0) is 16.1 Å². The lowest BCUT2D eigenvalue weighted by Gasteiger charge is -2.26. The van der Waals surface area contributed by atoms with Gasteiger partial charge in [-0.25, -0.2) is 4.68 Å². The van der Waals surface area contributed by atoms with E-state index in [1.54, 1.807) is 0 Å². The van der Waals surface area contributed by atoms with Crippen molar-refractivity contribution in [2.75, 3.05) is 19.6 Å². The van der Waals surface area contributed by atoms with E-state index in [4.69, 9.17) is 16.7 Å². The summed E-state index contributed by atoms with van der Waals surface area (Å²) in [5.74, 6) is -0.385. The van der Waals surface area contributed by atoms with E-state index in [1.807, 2.05) is 60.7 Å². The van der Waals surface area contributed by atoms with E-state index >= 15 is 0 Å². The molecule has 9 heteroatoms. The fourth-order valence-electron chi connectivity index (χ4n) is 3.78. The second-order valence-electron chi connectivity index (χ2n) is 7.46. The second-order valence-corrected chi connectivity index (χ2v) is 7.84. The first-order chi connectivity index (χ1) is 15.6. The number of carbonyl (C=O) groups is 2. The number of hydrogen-bond acceptors (Lipinski definition) is 5. The molecule has 0 atom stereocenters. The Morgan fingerprint density at radius 2 is 1.62 bits per heavy atom. The third kappa shape index (κ3) is 3.69. The zero-order valence-corrected chi connectivity index (χ0v) is 17.8. The van der Waals surface area contributed by atoms with Crippen LogP contribution in [0.2, 0.25) is 5.02 Å². The molecule has 0 spiro atoms. The van der Waals surface area contributed by atoms with Gasteiger partial charge < -0.3 is 10.2 Å². The van der Waals surface area contributed by atoms with Crippen LogP contribution in [0.4, 0.5) is 0 Å². The molecule has 8 nitrogen and oxygen atoms in total. The molecule has 160 valence electrons. The Balaban J connectivity index is 1.62. The topological polar surface area (TPSA) is 93.0 Å². The second kappa shape index (κ2) is 8.39. The van der Waals surface area contributed by atoms with Gasteiger partial charge in [-0.1, -0.05) is 72.3 Å². The van der Waals surface area contributed by atoms with Gasteiger partial charge in [-0.15, -0.1) is 10.2 Å². The van der Waals surface area contributed by atoms with E-state index in [0.717, 1.165) is 11.1 Å². The molecular weight excluding hydrogens is 428 g/mol. The average molecular weight is 447 g/mol. The third-order valence-corrected chi connectivity index (χ3v) is 5.74. The summed E-state index contributed by atoms with van der Waals surface area (Å²) in [7, 11) is 0. The van der Waals surface area contributed by atoms with Crippen molar-refractivity contribution < 1.29 is 9.59 Å². The Bertz CT molecular complexity index is 1310. The minimum atomic E-state index is -0.214. The highest BCUT2D eigenvalue weighted by atomic mass is 35.5. The number of carbonyl (C=O) groups excluding carboxylic acids is 2. The lowest BCUT2D eigenvalue weighted by Crippen LogP contribution is -2.50. The largest absolute Gasteiger partial charge is 0.353 e. The van der Waals surface area contributed by atoms with Gasteiger partial charge in [-0.3, -0.25) is 9.59 Å². The van der Waals surface area contributed by atoms with Gasteiger partial charge in [0, 0.05) is 24.2 Å². The Kier molecular flexibility index (Phi) is 5.28. The van der Waals surface area contributed by atoms with E-state index in [0.29, 0.717) is 40.5 Å². The number of nitrogens with one attached hydrogen (secondary N) is 1. The van der Waals surface area contributed by atoms with Gasteiger partial charge in [0.25, 0.3) is 0 Å². The number of amides is 2. The van der Waals surface area contributed by atoms with E-state index < -0.39 is 0 Å². The Hall–Kier alpha value is -3.78. The maximum absolute atomic E-state index is 12.9. The van der Waals surface area contributed by atoms with Crippen LogP contribution < -0.4 is 5.32 Å². The SMILES string of the molecule is O=C1CN(C(=O)Cn2nc(-c3ccccc3)c3c(Cl)c(-c4ccccc4)nnc32)CCN1. The molecule has 2 aromatic carbocycles. The fourth-order valence-corrected chi connectivity index (χ4v) is 4.11. The Labute approximate surface area is 188 Å². The van der Waals surface area contributed by atoms with Crippen molar-refractivity contribution >= 4 is 34.4 Å². The normalized spacial score (nSPS) is 13.9. The number of piperazine rings is 1. The molecule has 1 aliphatic rings. The molecule has 0 saturated carbocycles. The standard InChI is InChI=1S/C23H19ClN6O2/c24-20-19-21(15-7-3-1-4-8-15)28-30(14-18(32)29-12-11-25-17(31)13-29)23(19)27-26-22(20)16-9-5-2-6-10-16/h1-10H,11-14H2,(H,25,31). The Morgan fingerprint density at radius 3 is 2.28 bits per heavy atom. The van der Waals surface area contributed by atoms with Gasteiger partial charge in [0.1, 0.15) is 17.9 Å². The molecule has 4 aromatic rings. The zero-order valence-electron chi connectivity index (χ0n) is 17.0. The summed E-state index contributed by atoms with van der Waals surface area (Å²) in [6.45, 7) is 0.867. The molecule has 1 saturated heterocycles. The molecule has 0 unspecified atom stereocenters. The van der Waals surface area contributed by atoms with E-state index in [9.17, 15) is 9.59 Å². The van der Waals surface area contributed by atoms with Crippen LogP contribution in [-0.4, -0.2) is 56.3 Å². The van der Waals surface area contributed by atoms with Crippen molar-refractivity contribution in [2.45, 2.75) is 6.54 Å². The zero-order chi connectivity index (χ0) is 22.1. The summed E-state index contributed by atoms with van der Waals surface area (Å²) in [4.78, 5) is 26.1. The molecule has 5 rings (SSSR count). The van der Waals surface area contributed by atoms with Gasteiger partial charge in [0.15, 0.2) is 5.65 Å². The van der Waals surface area contributed by atoms with E-state index in [-0.39, 0.29) is 24.9 Å². The van der Waals surface area contributed by atoms with Crippen LogP contribution in [0.1, 0.15) is 0 Å². The molecule has 2 amide bonds. The summed E-state index contributed by atoms with van der Waals surface area (Å²) in [5, 5.41) is 17.2. The summed E-state index contributed by atoms with van der Waals surface area (Å²) in [5.41, 5.74) is 3.30. The fraction of sp³-hybridized carbons (Fsp3) is 0.174. The lowest BCUT2D eigenvalue weighted by atomic mass is 10.1. The van der Waals surface area contributed by atoms with Gasteiger partial charge in [-0.2, -0.15) is 5.10 Å². The van der Waals surface area contributed by atoms with E-state index in [1.165, 1.54) is 9.58 Å². The van der Waals surface area contributed by atoms with Gasteiger partial charge in [0.2, 0.25) is 11.8 Å². The summed E-state index contributed by atoms with van der Waals surface area (Å²) in [6.07, 6.45) is 0. The number of aromatic nitrogens is 4. The summed E-state index contributed by atoms with van der Waals surface area (Å²) in [6, 6.07) is 19.2. The van der Waals surface area contributed by atoms with Crippen LogP contribution in [0, 0.1) is 0 Å². The van der Waals surface area contributed by atoms with Crippen molar-refractivity contribution in [3.63, 3.8) is 0 Å². The third-order valence-electron chi connectivity index (χ3n) is 5.37. The van der Waals surface area contributed by atoms with Crippen LogP contribution in [0.5, 0.6) is 0 Å². The van der Waals surface area contributed by atoms with Crippen molar-refractivity contribution in [1.29, 1.82) is 0 Å². The predicted molar refractivity (Wildman–Crippen MR) is 121 cm³/mol. The highest BCUT2D eigenvalue weighted by Crippen LogP contribution is 2.37. The van der Waals surface area contributed by atoms with Crippen LogP contribution in [0.3, 0.4) is 0 Å².